The lowest BCUT2D eigenvalue weighted by molar-refractivity contribution is 0.0683. The summed E-state index contributed by atoms with van der Waals surface area (Å²) in [6.07, 6.45) is 4.41. The van der Waals surface area contributed by atoms with Crippen LogP contribution < -0.4 is 5.32 Å². The summed E-state index contributed by atoms with van der Waals surface area (Å²) >= 11 is 0. The van der Waals surface area contributed by atoms with Gasteiger partial charge >= 0.3 is 0 Å². The van der Waals surface area contributed by atoms with Crippen LogP contribution in [0, 0.1) is 0 Å². The third-order valence-corrected chi connectivity index (χ3v) is 4.39. The summed E-state index contributed by atoms with van der Waals surface area (Å²) in [6, 6.07) is 1.12. The molecule has 1 N–H and O–H groups in total. The second kappa shape index (κ2) is 6.85. The van der Waals surface area contributed by atoms with Crippen LogP contribution in [0.25, 0.3) is 0 Å². The molecule has 0 saturated carbocycles. The number of hydrogen-bond donors (Lipinski definition) is 1. The largest absolute Gasteiger partial charge is 0.377 e. The quantitative estimate of drug-likeness (QED) is 0.775. The Morgan fingerprint density at radius 1 is 1.28 bits per heavy atom. The lowest BCUT2D eigenvalue weighted by Gasteiger charge is -2.32. The van der Waals surface area contributed by atoms with Crippen LogP contribution in [0.4, 0.5) is 0 Å². The zero-order valence-corrected chi connectivity index (χ0v) is 12.0. The van der Waals surface area contributed by atoms with Gasteiger partial charge in [-0.2, -0.15) is 0 Å². The molecular weight excluding hydrogens is 228 g/mol. The van der Waals surface area contributed by atoms with Crippen LogP contribution in [0.15, 0.2) is 0 Å². The molecule has 2 aliphatic heterocycles. The first kappa shape index (κ1) is 14.3. The van der Waals surface area contributed by atoms with E-state index in [0.717, 1.165) is 32.7 Å². The number of ether oxygens (including phenoxy) is 2. The van der Waals surface area contributed by atoms with Gasteiger partial charge in [0, 0.05) is 38.4 Å². The van der Waals surface area contributed by atoms with Crippen LogP contribution in [0.1, 0.15) is 33.1 Å². The normalized spacial score (nSPS) is 34.3. The fraction of sp³-hybridized carbons (Fsp3) is 1.00. The highest BCUT2D eigenvalue weighted by Crippen LogP contribution is 2.19. The highest BCUT2D eigenvalue weighted by atomic mass is 16.5. The fourth-order valence-electron chi connectivity index (χ4n) is 2.98. The van der Waals surface area contributed by atoms with E-state index in [9.17, 15) is 0 Å². The molecular formula is C14H28N2O2. The minimum Gasteiger partial charge on any atom is -0.377 e. The molecule has 2 fully saturated rings. The predicted octanol–water partition coefficient (Wildman–Crippen LogP) is 1.25. The number of nitrogens with one attached hydrogen (secondary N) is 1. The molecule has 0 spiro atoms. The summed E-state index contributed by atoms with van der Waals surface area (Å²) in [5.41, 5.74) is 0. The second-order valence-corrected chi connectivity index (χ2v) is 5.74. The van der Waals surface area contributed by atoms with Crippen molar-refractivity contribution in [2.45, 2.75) is 57.4 Å². The Bertz CT molecular complexity index is 244. The number of rotatable bonds is 6. The molecule has 2 saturated heterocycles. The third kappa shape index (κ3) is 3.67. The maximum Gasteiger partial charge on any atom is 0.0703 e. The average Bonchev–Trinajstić information content (AvgIpc) is 2.99. The monoisotopic (exact) mass is 256 g/mol. The summed E-state index contributed by atoms with van der Waals surface area (Å²) in [7, 11) is 2.22. The summed E-state index contributed by atoms with van der Waals surface area (Å²) in [4.78, 5) is 2.46. The van der Waals surface area contributed by atoms with Crippen LogP contribution in [0.2, 0.25) is 0 Å². The summed E-state index contributed by atoms with van der Waals surface area (Å²) in [5, 5.41) is 3.54. The van der Waals surface area contributed by atoms with E-state index in [0.29, 0.717) is 24.3 Å². The van der Waals surface area contributed by atoms with E-state index >= 15 is 0 Å². The molecule has 4 heteroatoms. The Morgan fingerprint density at radius 2 is 2.11 bits per heavy atom. The second-order valence-electron chi connectivity index (χ2n) is 5.74. The van der Waals surface area contributed by atoms with Crippen molar-refractivity contribution in [1.29, 1.82) is 0 Å². The SMILES string of the molecule is CC1OCCC1N(C)C(C)CNCC1CCCO1. The van der Waals surface area contributed by atoms with Gasteiger partial charge in [0.2, 0.25) is 0 Å². The van der Waals surface area contributed by atoms with E-state index in [1.807, 2.05) is 0 Å². The van der Waals surface area contributed by atoms with E-state index in [1.54, 1.807) is 0 Å². The molecule has 0 aromatic heterocycles. The first-order valence-electron chi connectivity index (χ1n) is 7.34. The highest BCUT2D eigenvalue weighted by Gasteiger charge is 2.30. The van der Waals surface area contributed by atoms with Crippen LogP contribution in [0.5, 0.6) is 0 Å². The molecule has 4 unspecified atom stereocenters. The van der Waals surface area contributed by atoms with E-state index in [2.05, 4.69) is 31.1 Å². The molecule has 2 aliphatic rings. The average molecular weight is 256 g/mol. The van der Waals surface area contributed by atoms with Gasteiger partial charge in [-0.25, -0.2) is 0 Å². The van der Waals surface area contributed by atoms with Crippen molar-refractivity contribution in [2.24, 2.45) is 0 Å². The minimum atomic E-state index is 0.371. The number of nitrogens with zero attached hydrogens (tertiary/aromatic N) is 1. The first-order valence-corrected chi connectivity index (χ1v) is 7.34. The van der Waals surface area contributed by atoms with Gasteiger partial charge in [-0.1, -0.05) is 0 Å². The van der Waals surface area contributed by atoms with Gasteiger partial charge in [0.05, 0.1) is 12.2 Å². The van der Waals surface area contributed by atoms with Gasteiger partial charge in [-0.3, -0.25) is 4.90 Å². The topological polar surface area (TPSA) is 33.7 Å². The summed E-state index contributed by atoms with van der Waals surface area (Å²) in [6.45, 7) is 8.34. The fourth-order valence-corrected chi connectivity index (χ4v) is 2.98. The molecule has 0 aliphatic carbocycles. The van der Waals surface area contributed by atoms with E-state index in [-0.39, 0.29) is 0 Å². The maximum absolute atomic E-state index is 5.64. The first-order chi connectivity index (χ1) is 8.68. The predicted molar refractivity (Wildman–Crippen MR) is 72.9 cm³/mol. The Labute approximate surface area is 111 Å². The summed E-state index contributed by atoms with van der Waals surface area (Å²) in [5.74, 6) is 0. The third-order valence-electron chi connectivity index (χ3n) is 4.39. The van der Waals surface area contributed by atoms with Crippen molar-refractivity contribution < 1.29 is 9.47 Å². The van der Waals surface area contributed by atoms with Crippen molar-refractivity contribution in [3.8, 4) is 0 Å². The van der Waals surface area contributed by atoms with Crippen molar-refractivity contribution in [2.75, 3.05) is 33.4 Å². The minimum absolute atomic E-state index is 0.371. The molecule has 106 valence electrons. The van der Waals surface area contributed by atoms with E-state index in [1.165, 1.54) is 12.8 Å². The van der Waals surface area contributed by atoms with Gasteiger partial charge in [-0.05, 0) is 40.2 Å². The van der Waals surface area contributed by atoms with Gasteiger partial charge in [0.15, 0.2) is 0 Å². The molecule has 4 nitrogen and oxygen atoms in total. The molecule has 0 radical (unpaired) electrons. The molecule has 0 aromatic carbocycles. The van der Waals surface area contributed by atoms with Crippen LogP contribution >= 0.6 is 0 Å². The smallest absolute Gasteiger partial charge is 0.0703 e. The van der Waals surface area contributed by atoms with Crippen molar-refractivity contribution in [3.05, 3.63) is 0 Å². The molecule has 4 atom stereocenters. The van der Waals surface area contributed by atoms with Crippen LogP contribution in [-0.2, 0) is 9.47 Å². The Morgan fingerprint density at radius 3 is 2.72 bits per heavy atom. The molecule has 0 bridgehead atoms. The Balaban J connectivity index is 1.65. The van der Waals surface area contributed by atoms with Gasteiger partial charge in [0.1, 0.15) is 0 Å². The Kier molecular flexibility index (Phi) is 5.42. The van der Waals surface area contributed by atoms with Gasteiger partial charge < -0.3 is 14.8 Å². The van der Waals surface area contributed by atoms with Crippen molar-refractivity contribution in [1.82, 2.24) is 10.2 Å². The van der Waals surface area contributed by atoms with E-state index < -0.39 is 0 Å². The van der Waals surface area contributed by atoms with Gasteiger partial charge in [-0.15, -0.1) is 0 Å². The lowest BCUT2D eigenvalue weighted by atomic mass is 10.1. The molecule has 2 heterocycles. The van der Waals surface area contributed by atoms with Crippen LogP contribution in [0.3, 0.4) is 0 Å². The number of likely N-dealkylation sites (N-methyl/N-ethyl adjacent to an activating group) is 1. The molecule has 18 heavy (non-hydrogen) atoms. The van der Waals surface area contributed by atoms with E-state index in [4.69, 9.17) is 9.47 Å². The zero-order valence-electron chi connectivity index (χ0n) is 12.0. The Hall–Kier alpha value is -0.160. The maximum atomic E-state index is 5.64. The molecule has 0 aromatic rings. The standard InChI is InChI=1S/C14H28N2O2/c1-11(9-15-10-13-5-4-7-18-13)16(3)14-6-8-17-12(14)2/h11-15H,4-10H2,1-3H3. The lowest BCUT2D eigenvalue weighted by Crippen LogP contribution is -2.47. The van der Waals surface area contributed by atoms with Crippen molar-refractivity contribution in [3.63, 3.8) is 0 Å². The summed E-state index contributed by atoms with van der Waals surface area (Å²) < 4.78 is 11.3. The molecule has 2 rings (SSSR count). The molecule has 0 amide bonds. The van der Waals surface area contributed by atoms with Crippen LogP contribution in [-0.4, -0.2) is 62.5 Å². The zero-order chi connectivity index (χ0) is 13.0. The van der Waals surface area contributed by atoms with Gasteiger partial charge in [0.25, 0.3) is 0 Å². The highest BCUT2D eigenvalue weighted by molar-refractivity contribution is 4.84. The van der Waals surface area contributed by atoms with Crippen molar-refractivity contribution >= 4 is 0 Å². The number of hydrogen-bond acceptors (Lipinski definition) is 4.